The highest BCUT2D eigenvalue weighted by molar-refractivity contribution is 5.82. The standard InChI is InChI=1S/C11H12N2O/c1-7-4-11(14)13-10-3-2-8(6-12)5-9(7)10/h2-5H,6,12H2,1H3,(H,13,14). The maximum absolute atomic E-state index is 11.2. The van der Waals surface area contributed by atoms with Gasteiger partial charge in [-0.15, -0.1) is 0 Å². The first-order valence-corrected chi connectivity index (χ1v) is 4.53. The molecular weight excluding hydrogens is 176 g/mol. The molecule has 0 aliphatic rings. The van der Waals surface area contributed by atoms with Crippen LogP contribution in [-0.2, 0) is 6.54 Å². The van der Waals surface area contributed by atoms with E-state index < -0.39 is 0 Å². The van der Waals surface area contributed by atoms with E-state index in [2.05, 4.69) is 4.98 Å². The molecule has 3 nitrogen and oxygen atoms in total. The first-order chi connectivity index (χ1) is 6.70. The number of nitrogens with one attached hydrogen (secondary N) is 1. The van der Waals surface area contributed by atoms with Crippen molar-refractivity contribution >= 4 is 10.9 Å². The summed E-state index contributed by atoms with van der Waals surface area (Å²) in [6.07, 6.45) is 0. The molecule has 3 heteroatoms. The zero-order chi connectivity index (χ0) is 10.1. The Balaban J connectivity index is 2.82. The Labute approximate surface area is 81.6 Å². The maximum atomic E-state index is 11.2. The third-order valence-corrected chi connectivity index (χ3v) is 2.35. The second-order valence-corrected chi connectivity index (χ2v) is 3.40. The normalized spacial score (nSPS) is 10.7. The second-order valence-electron chi connectivity index (χ2n) is 3.40. The molecule has 72 valence electrons. The summed E-state index contributed by atoms with van der Waals surface area (Å²) in [5, 5.41) is 1.06. The van der Waals surface area contributed by atoms with Crippen LogP contribution in [0.2, 0.25) is 0 Å². The van der Waals surface area contributed by atoms with Crippen molar-refractivity contribution in [3.8, 4) is 0 Å². The lowest BCUT2D eigenvalue weighted by molar-refractivity contribution is 1.07. The van der Waals surface area contributed by atoms with E-state index in [1.54, 1.807) is 6.07 Å². The highest BCUT2D eigenvalue weighted by atomic mass is 16.1. The third-order valence-electron chi connectivity index (χ3n) is 2.35. The van der Waals surface area contributed by atoms with Gasteiger partial charge in [0.1, 0.15) is 0 Å². The highest BCUT2D eigenvalue weighted by Gasteiger charge is 1.99. The van der Waals surface area contributed by atoms with Gasteiger partial charge in [0.15, 0.2) is 0 Å². The summed E-state index contributed by atoms with van der Waals surface area (Å²) in [6.45, 7) is 2.45. The van der Waals surface area contributed by atoms with Gasteiger partial charge in [0.25, 0.3) is 0 Å². The number of hydrogen-bond acceptors (Lipinski definition) is 2. The van der Waals surface area contributed by atoms with E-state index in [9.17, 15) is 4.79 Å². The van der Waals surface area contributed by atoms with Crippen molar-refractivity contribution < 1.29 is 0 Å². The summed E-state index contributed by atoms with van der Waals surface area (Å²) in [5.41, 5.74) is 8.42. The summed E-state index contributed by atoms with van der Waals surface area (Å²) in [4.78, 5) is 14.0. The lowest BCUT2D eigenvalue weighted by Crippen LogP contribution is -2.05. The van der Waals surface area contributed by atoms with Crippen molar-refractivity contribution in [3.05, 3.63) is 45.7 Å². The molecule has 0 amide bonds. The van der Waals surface area contributed by atoms with Gasteiger partial charge in [-0.05, 0) is 30.2 Å². The zero-order valence-electron chi connectivity index (χ0n) is 8.00. The first-order valence-electron chi connectivity index (χ1n) is 4.53. The van der Waals surface area contributed by atoms with Gasteiger partial charge >= 0.3 is 0 Å². The average Bonchev–Trinajstić information content (AvgIpc) is 2.17. The monoisotopic (exact) mass is 188 g/mol. The van der Waals surface area contributed by atoms with Crippen molar-refractivity contribution in [1.82, 2.24) is 4.98 Å². The third kappa shape index (κ3) is 1.42. The minimum absolute atomic E-state index is 0.0597. The Morgan fingerprint density at radius 2 is 2.14 bits per heavy atom. The summed E-state index contributed by atoms with van der Waals surface area (Å²) in [6, 6.07) is 7.44. The topological polar surface area (TPSA) is 58.9 Å². The van der Waals surface area contributed by atoms with Gasteiger partial charge in [-0.2, -0.15) is 0 Å². The molecule has 0 saturated carbocycles. The molecule has 1 heterocycles. The SMILES string of the molecule is Cc1cc(=O)[nH]c2ccc(CN)cc12. The molecule has 14 heavy (non-hydrogen) atoms. The van der Waals surface area contributed by atoms with Crippen molar-refractivity contribution in [2.45, 2.75) is 13.5 Å². The van der Waals surface area contributed by atoms with E-state index in [0.29, 0.717) is 6.54 Å². The van der Waals surface area contributed by atoms with Crippen molar-refractivity contribution in [3.63, 3.8) is 0 Å². The number of benzene rings is 1. The number of pyridine rings is 1. The molecule has 0 radical (unpaired) electrons. The Kier molecular flexibility index (Phi) is 2.09. The van der Waals surface area contributed by atoms with Crippen molar-refractivity contribution in [2.24, 2.45) is 5.73 Å². The van der Waals surface area contributed by atoms with Crippen LogP contribution in [0.4, 0.5) is 0 Å². The van der Waals surface area contributed by atoms with E-state index >= 15 is 0 Å². The van der Waals surface area contributed by atoms with Crippen LogP contribution in [0.3, 0.4) is 0 Å². The molecule has 0 saturated heterocycles. The predicted octanol–water partition coefficient (Wildman–Crippen LogP) is 1.30. The lowest BCUT2D eigenvalue weighted by Gasteiger charge is -2.03. The molecule has 3 N–H and O–H groups in total. The molecule has 1 aromatic heterocycles. The van der Waals surface area contributed by atoms with Crippen LogP contribution < -0.4 is 11.3 Å². The van der Waals surface area contributed by atoms with Crippen LogP contribution >= 0.6 is 0 Å². The predicted molar refractivity (Wildman–Crippen MR) is 57.2 cm³/mol. The average molecular weight is 188 g/mol. The smallest absolute Gasteiger partial charge is 0.248 e. The number of H-pyrrole nitrogens is 1. The van der Waals surface area contributed by atoms with Crippen LogP contribution in [-0.4, -0.2) is 4.98 Å². The number of fused-ring (bicyclic) bond motifs is 1. The molecular formula is C11H12N2O. The van der Waals surface area contributed by atoms with E-state index in [-0.39, 0.29) is 5.56 Å². The molecule has 0 fully saturated rings. The number of aryl methyl sites for hydroxylation is 1. The minimum atomic E-state index is -0.0597. The van der Waals surface area contributed by atoms with Gasteiger partial charge in [-0.25, -0.2) is 0 Å². The molecule has 0 aliphatic carbocycles. The number of aromatic amines is 1. The summed E-state index contributed by atoms with van der Waals surface area (Å²) >= 11 is 0. The number of nitrogens with two attached hydrogens (primary N) is 1. The van der Waals surface area contributed by atoms with Crippen LogP contribution in [0.25, 0.3) is 10.9 Å². The summed E-state index contributed by atoms with van der Waals surface area (Å²) < 4.78 is 0. The van der Waals surface area contributed by atoms with E-state index in [0.717, 1.165) is 22.0 Å². The molecule has 0 bridgehead atoms. The van der Waals surface area contributed by atoms with Gasteiger partial charge in [0, 0.05) is 23.5 Å². The lowest BCUT2D eigenvalue weighted by atomic mass is 10.1. The Bertz CT molecular complexity index is 528. The fraction of sp³-hybridized carbons (Fsp3) is 0.182. The minimum Gasteiger partial charge on any atom is -0.326 e. The molecule has 2 rings (SSSR count). The van der Waals surface area contributed by atoms with Gasteiger partial charge in [-0.3, -0.25) is 4.79 Å². The summed E-state index contributed by atoms with van der Waals surface area (Å²) in [7, 11) is 0. The van der Waals surface area contributed by atoms with Crippen LogP contribution in [0, 0.1) is 6.92 Å². The molecule has 1 aromatic carbocycles. The van der Waals surface area contributed by atoms with E-state index in [1.165, 1.54) is 0 Å². The van der Waals surface area contributed by atoms with Gasteiger partial charge in [-0.1, -0.05) is 6.07 Å². The van der Waals surface area contributed by atoms with Crippen LogP contribution in [0.1, 0.15) is 11.1 Å². The van der Waals surface area contributed by atoms with E-state index in [4.69, 9.17) is 5.73 Å². The number of rotatable bonds is 1. The van der Waals surface area contributed by atoms with Gasteiger partial charge < -0.3 is 10.7 Å². The fourth-order valence-electron chi connectivity index (χ4n) is 1.60. The van der Waals surface area contributed by atoms with Gasteiger partial charge in [0.2, 0.25) is 5.56 Å². The van der Waals surface area contributed by atoms with Crippen molar-refractivity contribution in [2.75, 3.05) is 0 Å². The second kappa shape index (κ2) is 3.27. The Hall–Kier alpha value is -1.61. The molecule has 0 aliphatic heterocycles. The number of aromatic nitrogens is 1. The van der Waals surface area contributed by atoms with Crippen LogP contribution in [0.15, 0.2) is 29.1 Å². The van der Waals surface area contributed by atoms with E-state index in [1.807, 2.05) is 25.1 Å². The zero-order valence-corrected chi connectivity index (χ0v) is 8.00. The fourth-order valence-corrected chi connectivity index (χ4v) is 1.60. The molecule has 0 unspecified atom stereocenters. The quantitative estimate of drug-likeness (QED) is 0.708. The molecule has 0 atom stereocenters. The van der Waals surface area contributed by atoms with Crippen molar-refractivity contribution in [1.29, 1.82) is 0 Å². The Morgan fingerprint density at radius 1 is 1.36 bits per heavy atom. The maximum Gasteiger partial charge on any atom is 0.248 e. The molecule has 0 spiro atoms. The highest BCUT2D eigenvalue weighted by Crippen LogP contribution is 2.15. The Morgan fingerprint density at radius 3 is 2.86 bits per heavy atom. The summed E-state index contributed by atoms with van der Waals surface area (Å²) in [5.74, 6) is 0. The van der Waals surface area contributed by atoms with Gasteiger partial charge in [0.05, 0.1) is 0 Å². The largest absolute Gasteiger partial charge is 0.326 e. The van der Waals surface area contributed by atoms with Crippen LogP contribution in [0.5, 0.6) is 0 Å². The molecule has 2 aromatic rings. The number of hydrogen-bond donors (Lipinski definition) is 2. The first kappa shape index (κ1) is 8.97.